The second-order valence-electron chi connectivity index (χ2n) is 4.94. The molecule has 3 nitrogen and oxygen atoms in total. The van der Waals surface area contributed by atoms with Crippen LogP contribution in [-0.2, 0) is 0 Å². The highest BCUT2D eigenvalue weighted by atomic mass is 19.1. The van der Waals surface area contributed by atoms with E-state index in [1.165, 1.54) is 12.1 Å². The van der Waals surface area contributed by atoms with Crippen molar-refractivity contribution in [3.8, 4) is 0 Å². The predicted molar refractivity (Wildman–Crippen MR) is 74.4 cm³/mol. The van der Waals surface area contributed by atoms with Crippen molar-refractivity contribution < 1.29 is 14.6 Å². The van der Waals surface area contributed by atoms with Crippen molar-refractivity contribution in [2.45, 2.75) is 31.8 Å². The minimum atomic E-state index is -0.541. The number of hydrogen-bond donors (Lipinski definition) is 2. The van der Waals surface area contributed by atoms with E-state index in [2.05, 4.69) is 4.90 Å². The number of aliphatic hydroxyl groups excluding tert-OH is 2. The van der Waals surface area contributed by atoms with Crippen LogP contribution in [0.5, 0.6) is 0 Å². The maximum atomic E-state index is 12.8. The third-order valence-electron chi connectivity index (χ3n) is 3.24. The fourth-order valence-electron chi connectivity index (χ4n) is 1.98. The van der Waals surface area contributed by atoms with E-state index in [1.54, 1.807) is 12.1 Å². The Morgan fingerprint density at radius 1 is 1.11 bits per heavy atom. The third-order valence-corrected chi connectivity index (χ3v) is 3.24. The molecule has 0 fully saturated rings. The van der Waals surface area contributed by atoms with Gasteiger partial charge in [0.05, 0.1) is 6.10 Å². The molecule has 0 radical (unpaired) electrons. The van der Waals surface area contributed by atoms with E-state index < -0.39 is 6.10 Å². The van der Waals surface area contributed by atoms with Crippen molar-refractivity contribution in [1.82, 2.24) is 4.90 Å². The lowest BCUT2D eigenvalue weighted by Gasteiger charge is -2.19. The van der Waals surface area contributed by atoms with Gasteiger partial charge in [0.25, 0.3) is 0 Å². The standard InChI is InChI=1S/C15H24FNO2/c1-17(10-3-2-4-12-18)11-9-15(19)13-5-7-14(16)8-6-13/h5-8,15,18-19H,2-4,9-12H2,1H3. The lowest BCUT2D eigenvalue weighted by atomic mass is 10.1. The SMILES string of the molecule is CN(CCCCCO)CCC(O)c1ccc(F)cc1. The summed E-state index contributed by atoms with van der Waals surface area (Å²) in [5.74, 6) is -0.281. The Bertz CT molecular complexity index is 343. The summed E-state index contributed by atoms with van der Waals surface area (Å²) >= 11 is 0. The molecule has 0 heterocycles. The molecule has 1 aromatic carbocycles. The van der Waals surface area contributed by atoms with Gasteiger partial charge in [0.1, 0.15) is 5.82 Å². The first kappa shape index (κ1) is 16.1. The van der Waals surface area contributed by atoms with Gasteiger partial charge in [0.2, 0.25) is 0 Å². The molecule has 0 saturated carbocycles. The first-order chi connectivity index (χ1) is 9.13. The van der Waals surface area contributed by atoms with Crippen molar-refractivity contribution in [2.24, 2.45) is 0 Å². The van der Waals surface area contributed by atoms with Crippen molar-refractivity contribution in [2.75, 3.05) is 26.7 Å². The fourth-order valence-corrected chi connectivity index (χ4v) is 1.98. The largest absolute Gasteiger partial charge is 0.396 e. The highest BCUT2D eigenvalue weighted by Gasteiger charge is 2.08. The number of benzene rings is 1. The number of halogens is 1. The van der Waals surface area contributed by atoms with Crippen LogP contribution in [0.1, 0.15) is 37.4 Å². The Balaban J connectivity index is 2.22. The minimum Gasteiger partial charge on any atom is -0.396 e. The molecule has 0 amide bonds. The molecule has 19 heavy (non-hydrogen) atoms. The van der Waals surface area contributed by atoms with Crippen LogP contribution in [0.25, 0.3) is 0 Å². The second-order valence-corrected chi connectivity index (χ2v) is 4.94. The summed E-state index contributed by atoms with van der Waals surface area (Å²) in [5.41, 5.74) is 0.759. The van der Waals surface area contributed by atoms with E-state index in [0.717, 1.165) is 37.9 Å². The van der Waals surface area contributed by atoms with E-state index in [0.29, 0.717) is 6.42 Å². The third kappa shape index (κ3) is 6.66. The molecule has 1 rings (SSSR count). The first-order valence-electron chi connectivity index (χ1n) is 6.86. The molecule has 108 valence electrons. The fraction of sp³-hybridized carbons (Fsp3) is 0.600. The summed E-state index contributed by atoms with van der Waals surface area (Å²) in [4.78, 5) is 2.17. The molecule has 0 saturated heterocycles. The average Bonchev–Trinajstić information content (AvgIpc) is 2.42. The highest BCUT2D eigenvalue weighted by molar-refractivity contribution is 5.18. The van der Waals surface area contributed by atoms with Gasteiger partial charge >= 0.3 is 0 Å². The van der Waals surface area contributed by atoms with Crippen molar-refractivity contribution >= 4 is 0 Å². The van der Waals surface area contributed by atoms with Gasteiger partial charge in [-0.1, -0.05) is 12.1 Å². The van der Waals surface area contributed by atoms with E-state index in [4.69, 9.17) is 5.11 Å². The zero-order valence-corrected chi connectivity index (χ0v) is 11.6. The molecule has 1 atom stereocenters. The quantitative estimate of drug-likeness (QED) is 0.676. The zero-order chi connectivity index (χ0) is 14.1. The molecule has 2 N–H and O–H groups in total. The maximum Gasteiger partial charge on any atom is 0.123 e. The molecule has 0 aliphatic heterocycles. The Labute approximate surface area is 114 Å². The van der Waals surface area contributed by atoms with Gasteiger partial charge in [-0.15, -0.1) is 0 Å². The minimum absolute atomic E-state index is 0.257. The average molecular weight is 269 g/mol. The van der Waals surface area contributed by atoms with Crippen LogP contribution in [0.15, 0.2) is 24.3 Å². The smallest absolute Gasteiger partial charge is 0.123 e. The first-order valence-corrected chi connectivity index (χ1v) is 6.86. The van der Waals surface area contributed by atoms with Crippen LogP contribution in [0, 0.1) is 5.82 Å². The van der Waals surface area contributed by atoms with Crippen LogP contribution in [0.3, 0.4) is 0 Å². The molecular formula is C15H24FNO2. The maximum absolute atomic E-state index is 12.8. The van der Waals surface area contributed by atoms with Gasteiger partial charge in [0, 0.05) is 13.2 Å². The molecule has 0 aliphatic carbocycles. The van der Waals surface area contributed by atoms with Gasteiger partial charge in [-0.25, -0.2) is 4.39 Å². The number of aliphatic hydroxyl groups is 2. The van der Waals surface area contributed by atoms with Gasteiger partial charge < -0.3 is 15.1 Å². The summed E-state index contributed by atoms with van der Waals surface area (Å²) < 4.78 is 12.8. The van der Waals surface area contributed by atoms with Crippen molar-refractivity contribution in [1.29, 1.82) is 0 Å². The van der Waals surface area contributed by atoms with Crippen LogP contribution < -0.4 is 0 Å². The van der Waals surface area contributed by atoms with Crippen LogP contribution in [0.4, 0.5) is 4.39 Å². The highest BCUT2D eigenvalue weighted by Crippen LogP contribution is 2.17. The summed E-state index contributed by atoms with van der Waals surface area (Å²) in [6, 6.07) is 6.00. The summed E-state index contributed by atoms with van der Waals surface area (Å²) in [5, 5.41) is 18.7. The zero-order valence-electron chi connectivity index (χ0n) is 11.6. The van der Waals surface area contributed by atoms with E-state index in [-0.39, 0.29) is 12.4 Å². The molecule has 0 spiro atoms. The Kier molecular flexibility index (Phi) is 7.63. The normalized spacial score (nSPS) is 12.9. The van der Waals surface area contributed by atoms with Gasteiger partial charge in [-0.3, -0.25) is 0 Å². The number of hydrogen-bond acceptors (Lipinski definition) is 3. The van der Waals surface area contributed by atoms with Crippen LogP contribution >= 0.6 is 0 Å². The number of nitrogens with zero attached hydrogens (tertiary/aromatic N) is 1. The Hall–Kier alpha value is -0.970. The lowest BCUT2D eigenvalue weighted by Crippen LogP contribution is -2.22. The molecule has 1 unspecified atom stereocenters. The molecule has 0 aliphatic rings. The molecule has 1 aromatic rings. The number of rotatable bonds is 9. The monoisotopic (exact) mass is 269 g/mol. The molecular weight excluding hydrogens is 245 g/mol. The summed E-state index contributed by atoms with van der Waals surface area (Å²) in [6.07, 6.45) is 3.04. The van der Waals surface area contributed by atoms with Crippen LogP contribution in [0.2, 0.25) is 0 Å². The van der Waals surface area contributed by atoms with E-state index in [9.17, 15) is 9.50 Å². The van der Waals surface area contributed by atoms with E-state index in [1.807, 2.05) is 7.05 Å². The summed E-state index contributed by atoms with van der Waals surface area (Å²) in [6.45, 7) is 2.03. The van der Waals surface area contributed by atoms with Gasteiger partial charge in [0.15, 0.2) is 0 Å². The van der Waals surface area contributed by atoms with Crippen molar-refractivity contribution in [3.05, 3.63) is 35.6 Å². The number of unbranched alkanes of at least 4 members (excludes halogenated alkanes) is 2. The predicted octanol–water partition coefficient (Wildman–Crippen LogP) is 2.34. The van der Waals surface area contributed by atoms with Crippen molar-refractivity contribution in [3.63, 3.8) is 0 Å². The lowest BCUT2D eigenvalue weighted by molar-refractivity contribution is 0.148. The molecule has 0 bridgehead atoms. The Morgan fingerprint density at radius 2 is 1.79 bits per heavy atom. The molecule has 0 aromatic heterocycles. The van der Waals surface area contributed by atoms with Gasteiger partial charge in [-0.05, 0) is 57.0 Å². The van der Waals surface area contributed by atoms with E-state index >= 15 is 0 Å². The molecule has 4 heteroatoms. The second kappa shape index (κ2) is 9.02. The van der Waals surface area contributed by atoms with Crippen LogP contribution in [-0.4, -0.2) is 41.9 Å². The summed E-state index contributed by atoms with van der Waals surface area (Å²) in [7, 11) is 2.02. The van der Waals surface area contributed by atoms with Gasteiger partial charge in [-0.2, -0.15) is 0 Å². The topological polar surface area (TPSA) is 43.7 Å². The Morgan fingerprint density at radius 3 is 2.42 bits per heavy atom.